The number of ether oxygens (including phenoxy) is 2. The molecule has 0 saturated heterocycles. The normalized spacial score (nSPS) is 19.3. The molecule has 0 saturated carbocycles. The Balaban J connectivity index is 2.07. The van der Waals surface area contributed by atoms with Crippen LogP contribution in [0.15, 0.2) is 49.8 Å². The molecule has 0 fully saturated rings. The molecule has 0 radical (unpaired) electrons. The van der Waals surface area contributed by atoms with Gasteiger partial charge in [0, 0.05) is 0 Å². The first-order valence-electron chi connectivity index (χ1n) is 3.51. The van der Waals surface area contributed by atoms with E-state index >= 15 is 0 Å². The van der Waals surface area contributed by atoms with E-state index < -0.39 is 0 Å². The van der Waals surface area contributed by atoms with Crippen LogP contribution in [0.2, 0.25) is 0 Å². The van der Waals surface area contributed by atoms with Crippen LogP contribution in [0.3, 0.4) is 0 Å². The van der Waals surface area contributed by atoms with Crippen LogP contribution in [0.1, 0.15) is 0 Å². The Morgan fingerprint density at radius 1 is 0.583 bits per heavy atom. The lowest BCUT2D eigenvalue weighted by Crippen LogP contribution is -2.27. The molecule has 12 heavy (non-hydrogen) atoms. The van der Waals surface area contributed by atoms with Gasteiger partial charge in [-0.25, -0.2) is 0 Å². The molecule has 0 N–H and O–H groups in total. The lowest BCUT2D eigenvalue weighted by molar-refractivity contribution is 0.159. The van der Waals surface area contributed by atoms with Gasteiger partial charge in [0.05, 0.1) is 24.8 Å². The van der Waals surface area contributed by atoms with Crippen molar-refractivity contribution in [3.8, 4) is 0 Å². The number of hydrogen-bond donors (Lipinski definition) is 0. The average molecular weight is 164 g/mol. The summed E-state index contributed by atoms with van der Waals surface area (Å²) < 4.78 is 9.76. The molecule has 0 aliphatic carbocycles. The van der Waals surface area contributed by atoms with Crippen molar-refractivity contribution in [1.82, 2.24) is 10.0 Å². The van der Waals surface area contributed by atoms with Gasteiger partial charge in [-0.2, -0.15) is 0 Å². The van der Waals surface area contributed by atoms with Crippen molar-refractivity contribution in [3.05, 3.63) is 49.8 Å². The number of hydrazine groups is 1. The fraction of sp³-hybridized carbons (Fsp3) is 0. The van der Waals surface area contributed by atoms with Crippen LogP contribution >= 0.6 is 0 Å². The molecular weight excluding hydrogens is 156 g/mol. The molecule has 0 aromatic rings. The molecule has 62 valence electrons. The van der Waals surface area contributed by atoms with E-state index in [1.54, 1.807) is 49.8 Å². The first kappa shape index (κ1) is 6.84. The maximum Gasteiger partial charge on any atom is 0.108 e. The van der Waals surface area contributed by atoms with Crippen LogP contribution < -0.4 is 0 Å². The molecular formula is C8H8N2O2. The molecule has 0 bridgehead atoms. The summed E-state index contributed by atoms with van der Waals surface area (Å²) in [6.45, 7) is 0. The minimum atomic E-state index is 1.59. The van der Waals surface area contributed by atoms with Crippen molar-refractivity contribution in [2.45, 2.75) is 0 Å². The molecule has 2 aliphatic heterocycles. The average Bonchev–Trinajstić information content (AvgIpc) is 2.21. The van der Waals surface area contributed by atoms with Gasteiger partial charge in [-0.1, -0.05) is 0 Å². The molecule has 4 nitrogen and oxygen atoms in total. The zero-order valence-electron chi connectivity index (χ0n) is 6.33. The summed E-state index contributed by atoms with van der Waals surface area (Å²) in [6, 6.07) is 0. The third-order valence-electron chi connectivity index (χ3n) is 1.44. The number of nitrogens with zero attached hydrogens (tertiary/aromatic N) is 2. The van der Waals surface area contributed by atoms with Crippen molar-refractivity contribution < 1.29 is 9.47 Å². The SMILES string of the molecule is C1=CN(N2C=COC=C2)C=CO1. The van der Waals surface area contributed by atoms with E-state index in [1.165, 1.54) is 0 Å². The van der Waals surface area contributed by atoms with Gasteiger partial charge in [0.25, 0.3) is 0 Å². The minimum absolute atomic E-state index is 1.59. The van der Waals surface area contributed by atoms with Gasteiger partial charge in [-0.3, -0.25) is 10.0 Å². The molecule has 2 aliphatic rings. The Kier molecular flexibility index (Phi) is 1.74. The second-order valence-electron chi connectivity index (χ2n) is 2.17. The molecule has 0 aromatic carbocycles. The fourth-order valence-corrected chi connectivity index (χ4v) is 0.888. The molecule has 0 unspecified atom stereocenters. The van der Waals surface area contributed by atoms with E-state index in [0.717, 1.165) is 0 Å². The smallest absolute Gasteiger partial charge is 0.108 e. The van der Waals surface area contributed by atoms with Gasteiger partial charge in [0.1, 0.15) is 25.0 Å². The highest BCUT2D eigenvalue weighted by atomic mass is 16.5. The van der Waals surface area contributed by atoms with E-state index in [-0.39, 0.29) is 0 Å². The zero-order valence-corrected chi connectivity index (χ0v) is 6.33. The van der Waals surface area contributed by atoms with E-state index in [1.807, 2.05) is 10.0 Å². The van der Waals surface area contributed by atoms with Crippen LogP contribution in [0.25, 0.3) is 0 Å². The van der Waals surface area contributed by atoms with Crippen molar-refractivity contribution in [3.63, 3.8) is 0 Å². The van der Waals surface area contributed by atoms with Gasteiger partial charge in [0.15, 0.2) is 0 Å². The van der Waals surface area contributed by atoms with Crippen molar-refractivity contribution in [1.29, 1.82) is 0 Å². The zero-order chi connectivity index (χ0) is 8.23. The van der Waals surface area contributed by atoms with Gasteiger partial charge in [-0.05, 0) is 0 Å². The molecule has 2 rings (SSSR count). The highest BCUT2D eigenvalue weighted by molar-refractivity contribution is 4.98. The second-order valence-corrected chi connectivity index (χ2v) is 2.17. The molecule has 0 aromatic heterocycles. The first-order chi connectivity index (χ1) is 5.97. The lowest BCUT2D eigenvalue weighted by Gasteiger charge is -2.28. The lowest BCUT2D eigenvalue weighted by atomic mass is 10.7. The number of rotatable bonds is 1. The van der Waals surface area contributed by atoms with E-state index in [2.05, 4.69) is 0 Å². The first-order valence-corrected chi connectivity index (χ1v) is 3.51. The van der Waals surface area contributed by atoms with E-state index in [4.69, 9.17) is 9.47 Å². The highest BCUT2D eigenvalue weighted by Crippen LogP contribution is 2.09. The predicted molar refractivity (Wildman–Crippen MR) is 42.4 cm³/mol. The van der Waals surface area contributed by atoms with Gasteiger partial charge in [0.2, 0.25) is 0 Å². The Bertz CT molecular complexity index is 216. The maximum atomic E-state index is 4.88. The quantitative estimate of drug-likeness (QED) is 0.585. The summed E-state index contributed by atoms with van der Waals surface area (Å²) in [5, 5.41) is 3.69. The van der Waals surface area contributed by atoms with Crippen LogP contribution in [0.5, 0.6) is 0 Å². The van der Waals surface area contributed by atoms with Gasteiger partial charge in [-0.15, -0.1) is 0 Å². The van der Waals surface area contributed by atoms with Gasteiger partial charge < -0.3 is 9.47 Å². The molecule has 0 amide bonds. The van der Waals surface area contributed by atoms with Crippen LogP contribution in [0.4, 0.5) is 0 Å². The summed E-state index contributed by atoms with van der Waals surface area (Å²) >= 11 is 0. The van der Waals surface area contributed by atoms with Crippen LogP contribution in [-0.4, -0.2) is 10.0 Å². The van der Waals surface area contributed by atoms with Crippen molar-refractivity contribution >= 4 is 0 Å². The number of hydrogen-bond acceptors (Lipinski definition) is 4. The monoisotopic (exact) mass is 164 g/mol. The highest BCUT2D eigenvalue weighted by Gasteiger charge is 2.05. The Hall–Kier alpha value is -1.84. The van der Waals surface area contributed by atoms with Crippen LogP contribution in [-0.2, 0) is 9.47 Å². The largest absolute Gasteiger partial charge is 0.469 e. The molecule has 4 heteroatoms. The maximum absolute atomic E-state index is 4.88. The third-order valence-corrected chi connectivity index (χ3v) is 1.44. The van der Waals surface area contributed by atoms with Crippen molar-refractivity contribution in [2.24, 2.45) is 0 Å². The minimum Gasteiger partial charge on any atom is -0.469 e. The molecule has 0 spiro atoms. The summed E-state index contributed by atoms with van der Waals surface area (Å²) in [6.07, 6.45) is 13.5. The second kappa shape index (κ2) is 3.04. The Morgan fingerprint density at radius 2 is 0.917 bits per heavy atom. The summed E-state index contributed by atoms with van der Waals surface area (Å²) in [5.41, 5.74) is 0. The molecule has 2 heterocycles. The summed E-state index contributed by atoms with van der Waals surface area (Å²) in [5.74, 6) is 0. The Morgan fingerprint density at radius 3 is 1.25 bits per heavy atom. The summed E-state index contributed by atoms with van der Waals surface area (Å²) in [4.78, 5) is 0. The van der Waals surface area contributed by atoms with Crippen molar-refractivity contribution in [2.75, 3.05) is 0 Å². The summed E-state index contributed by atoms with van der Waals surface area (Å²) in [7, 11) is 0. The Labute approximate surface area is 70.2 Å². The van der Waals surface area contributed by atoms with Gasteiger partial charge >= 0.3 is 0 Å². The standard InChI is InChI=1S/C8H8N2O2/c1-5-11-6-2-9(1)10-3-7-12-8-4-10/h1-8H. The van der Waals surface area contributed by atoms with E-state index in [9.17, 15) is 0 Å². The molecule has 0 atom stereocenters. The predicted octanol–water partition coefficient (Wildman–Crippen LogP) is 1.45. The third kappa shape index (κ3) is 1.27. The topological polar surface area (TPSA) is 24.9 Å². The fourth-order valence-electron chi connectivity index (χ4n) is 0.888. The van der Waals surface area contributed by atoms with Crippen LogP contribution in [0, 0.1) is 0 Å². The van der Waals surface area contributed by atoms with E-state index in [0.29, 0.717) is 0 Å².